The summed E-state index contributed by atoms with van der Waals surface area (Å²) >= 11 is 0. The molecule has 2 rings (SSSR count). The first-order chi connectivity index (χ1) is 9.60. The minimum atomic E-state index is 0.139. The fraction of sp³-hybridized carbons (Fsp3) is 0.562. The molecule has 0 unspecified atom stereocenters. The third-order valence-electron chi connectivity index (χ3n) is 3.95. The molecule has 1 aliphatic rings. The second-order valence-electron chi connectivity index (χ2n) is 5.62. The number of hydrogen-bond acceptors (Lipinski definition) is 3. The van der Waals surface area contributed by atoms with E-state index in [9.17, 15) is 4.79 Å². The van der Waals surface area contributed by atoms with E-state index in [-0.39, 0.29) is 17.9 Å². The zero-order valence-corrected chi connectivity index (χ0v) is 12.3. The maximum Gasteiger partial charge on any atom is 0.223 e. The number of ether oxygens (including phenoxy) is 1. The van der Waals surface area contributed by atoms with Gasteiger partial charge in [-0.2, -0.15) is 0 Å². The molecule has 0 saturated carbocycles. The van der Waals surface area contributed by atoms with E-state index in [4.69, 9.17) is 10.5 Å². The van der Waals surface area contributed by atoms with Gasteiger partial charge in [-0.05, 0) is 36.5 Å². The zero-order chi connectivity index (χ0) is 14.5. The Morgan fingerprint density at radius 1 is 1.55 bits per heavy atom. The summed E-state index contributed by atoms with van der Waals surface area (Å²) < 4.78 is 5.23. The highest BCUT2D eigenvalue weighted by atomic mass is 16.5. The second-order valence-corrected chi connectivity index (χ2v) is 5.62. The molecule has 1 heterocycles. The van der Waals surface area contributed by atoms with E-state index in [1.54, 1.807) is 7.11 Å². The Labute approximate surface area is 120 Å². The van der Waals surface area contributed by atoms with E-state index in [0.717, 1.165) is 30.7 Å². The minimum absolute atomic E-state index is 0.139. The van der Waals surface area contributed by atoms with Gasteiger partial charge in [0.05, 0.1) is 7.11 Å². The van der Waals surface area contributed by atoms with Crippen molar-refractivity contribution < 1.29 is 9.53 Å². The average Bonchev–Trinajstić information content (AvgIpc) is 2.47. The number of hydrogen-bond donors (Lipinski definition) is 1. The molecule has 20 heavy (non-hydrogen) atoms. The van der Waals surface area contributed by atoms with Crippen LogP contribution in [0.2, 0.25) is 0 Å². The molecule has 1 aliphatic heterocycles. The van der Waals surface area contributed by atoms with E-state index >= 15 is 0 Å². The molecule has 0 aromatic heterocycles. The maximum absolute atomic E-state index is 12.3. The van der Waals surface area contributed by atoms with E-state index in [0.29, 0.717) is 13.0 Å². The molecule has 1 fully saturated rings. The Morgan fingerprint density at radius 3 is 3.05 bits per heavy atom. The predicted octanol–water partition coefficient (Wildman–Crippen LogP) is 2.14. The van der Waals surface area contributed by atoms with Crippen molar-refractivity contribution in [2.75, 3.05) is 20.2 Å². The molecule has 0 spiro atoms. The van der Waals surface area contributed by atoms with Gasteiger partial charge in [-0.25, -0.2) is 0 Å². The summed E-state index contributed by atoms with van der Waals surface area (Å²) in [6.07, 6.45) is 2.57. The van der Waals surface area contributed by atoms with Crippen LogP contribution >= 0.6 is 0 Å². The predicted molar refractivity (Wildman–Crippen MR) is 79.8 cm³/mol. The summed E-state index contributed by atoms with van der Waals surface area (Å²) in [4.78, 5) is 14.2. The third kappa shape index (κ3) is 3.73. The van der Waals surface area contributed by atoms with Gasteiger partial charge in [0.25, 0.3) is 0 Å². The molecule has 4 heteroatoms. The van der Waals surface area contributed by atoms with Crippen molar-refractivity contribution in [1.29, 1.82) is 0 Å². The highest BCUT2D eigenvalue weighted by molar-refractivity contribution is 5.77. The molecule has 1 aromatic rings. The lowest BCUT2D eigenvalue weighted by atomic mass is 9.96. The van der Waals surface area contributed by atoms with Crippen LogP contribution in [-0.4, -0.2) is 37.0 Å². The molecular formula is C16H24N2O2. The Morgan fingerprint density at radius 2 is 2.35 bits per heavy atom. The lowest BCUT2D eigenvalue weighted by Gasteiger charge is -2.31. The van der Waals surface area contributed by atoms with Crippen molar-refractivity contribution >= 4 is 5.91 Å². The summed E-state index contributed by atoms with van der Waals surface area (Å²) in [5, 5.41) is 0. The van der Waals surface area contributed by atoms with Gasteiger partial charge < -0.3 is 15.4 Å². The van der Waals surface area contributed by atoms with Crippen LogP contribution in [0.15, 0.2) is 24.3 Å². The Balaban J connectivity index is 1.96. The van der Waals surface area contributed by atoms with Gasteiger partial charge in [0.15, 0.2) is 0 Å². The monoisotopic (exact) mass is 276 g/mol. The van der Waals surface area contributed by atoms with Crippen molar-refractivity contribution in [2.45, 2.75) is 38.1 Å². The number of benzene rings is 1. The van der Waals surface area contributed by atoms with E-state index in [2.05, 4.69) is 6.92 Å². The Bertz CT molecular complexity index is 462. The van der Waals surface area contributed by atoms with Crippen LogP contribution in [0.4, 0.5) is 0 Å². The first-order valence-corrected chi connectivity index (χ1v) is 7.27. The normalized spacial score (nSPS) is 20.6. The lowest BCUT2D eigenvalue weighted by Crippen LogP contribution is -2.45. The van der Waals surface area contributed by atoms with Gasteiger partial charge in [-0.1, -0.05) is 19.1 Å². The standard InChI is InChI=1S/C16H24N2O2/c1-12(13-5-3-7-15(10-13)20-2)9-16(19)18-8-4-6-14(17)11-18/h3,5,7,10,12,14H,4,6,8-9,11,17H2,1-2H3/t12-,14-/m0/s1. The molecule has 0 bridgehead atoms. The first-order valence-electron chi connectivity index (χ1n) is 7.27. The minimum Gasteiger partial charge on any atom is -0.497 e. The highest BCUT2D eigenvalue weighted by Gasteiger charge is 2.22. The van der Waals surface area contributed by atoms with Crippen molar-refractivity contribution in [3.05, 3.63) is 29.8 Å². The fourth-order valence-electron chi connectivity index (χ4n) is 2.69. The molecule has 4 nitrogen and oxygen atoms in total. The van der Waals surface area contributed by atoms with Gasteiger partial charge in [0.2, 0.25) is 5.91 Å². The number of rotatable bonds is 4. The number of amides is 1. The Kier molecular flexibility index (Phi) is 5.01. The molecule has 0 radical (unpaired) electrons. The fourth-order valence-corrected chi connectivity index (χ4v) is 2.69. The van der Waals surface area contributed by atoms with Crippen LogP contribution < -0.4 is 10.5 Å². The number of carbonyl (C=O) groups is 1. The molecule has 1 saturated heterocycles. The van der Waals surface area contributed by atoms with Crippen molar-refractivity contribution in [2.24, 2.45) is 5.73 Å². The van der Waals surface area contributed by atoms with Crippen molar-refractivity contribution in [3.63, 3.8) is 0 Å². The quantitative estimate of drug-likeness (QED) is 0.916. The summed E-state index contributed by atoms with van der Waals surface area (Å²) in [7, 11) is 1.66. The van der Waals surface area contributed by atoms with Crippen molar-refractivity contribution in [1.82, 2.24) is 4.90 Å². The molecular weight excluding hydrogens is 252 g/mol. The largest absolute Gasteiger partial charge is 0.497 e. The first kappa shape index (κ1) is 14.9. The topological polar surface area (TPSA) is 55.6 Å². The van der Waals surface area contributed by atoms with Crippen LogP contribution in [0, 0.1) is 0 Å². The third-order valence-corrected chi connectivity index (χ3v) is 3.95. The molecule has 110 valence electrons. The van der Waals surface area contributed by atoms with Crippen LogP contribution in [0.5, 0.6) is 5.75 Å². The number of piperidine rings is 1. The molecule has 1 amide bonds. The number of likely N-dealkylation sites (tertiary alicyclic amines) is 1. The van der Waals surface area contributed by atoms with Gasteiger partial charge in [-0.3, -0.25) is 4.79 Å². The Hall–Kier alpha value is -1.55. The van der Waals surface area contributed by atoms with E-state index in [1.807, 2.05) is 29.2 Å². The average molecular weight is 276 g/mol. The van der Waals surface area contributed by atoms with Crippen molar-refractivity contribution in [3.8, 4) is 5.75 Å². The number of nitrogens with zero attached hydrogens (tertiary/aromatic N) is 1. The summed E-state index contributed by atoms with van der Waals surface area (Å²) in [5.74, 6) is 1.23. The van der Waals surface area contributed by atoms with Gasteiger partial charge in [0.1, 0.15) is 5.75 Å². The number of methoxy groups -OCH3 is 1. The van der Waals surface area contributed by atoms with Crippen LogP contribution in [0.25, 0.3) is 0 Å². The summed E-state index contributed by atoms with van der Waals surface area (Å²) in [5.41, 5.74) is 7.07. The van der Waals surface area contributed by atoms with Crippen LogP contribution in [0.3, 0.4) is 0 Å². The molecule has 1 aromatic carbocycles. The zero-order valence-electron chi connectivity index (χ0n) is 12.3. The second kappa shape index (κ2) is 6.75. The van der Waals surface area contributed by atoms with Crippen LogP contribution in [0.1, 0.15) is 37.7 Å². The molecule has 2 atom stereocenters. The lowest BCUT2D eigenvalue weighted by molar-refractivity contribution is -0.132. The van der Waals surface area contributed by atoms with Crippen LogP contribution in [-0.2, 0) is 4.79 Å². The van der Waals surface area contributed by atoms with Gasteiger partial charge >= 0.3 is 0 Å². The number of carbonyl (C=O) groups excluding carboxylic acids is 1. The number of nitrogens with two attached hydrogens (primary N) is 1. The van der Waals surface area contributed by atoms with Gasteiger partial charge in [-0.15, -0.1) is 0 Å². The van der Waals surface area contributed by atoms with Gasteiger partial charge in [0, 0.05) is 25.6 Å². The van der Waals surface area contributed by atoms with E-state index in [1.165, 1.54) is 0 Å². The molecule has 2 N–H and O–H groups in total. The summed E-state index contributed by atoms with van der Waals surface area (Å²) in [6.45, 7) is 3.62. The highest BCUT2D eigenvalue weighted by Crippen LogP contribution is 2.24. The maximum atomic E-state index is 12.3. The smallest absolute Gasteiger partial charge is 0.223 e. The summed E-state index contributed by atoms with van der Waals surface area (Å²) in [6, 6.07) is 8.07. The SMILES string of the molecule is COc1cccc([C@@H](C)CC(=O)N2CCC[C@H](N)C2)c1. The van der Waals surface area contributed by atoms with E-state index < -0.39 is 0 Å². The molecule has 0 aliphatic carbocycles.